The Balaban J connectivity index is 1.82. The molecule has 2 heterocycles. The molecule has 0 saturated heterocycles. The highest BCUT2D eigenvalue weighted by Crippen LogP contribution is 2.38. The fraction of sp³-hybridized carbons (Fsp3) is 0.250. The zero-order valence-corrected chi connectivity index (χ0v) is 17.8. The summed E-state index contributed by atoms with van der Waals surface area (Å²) in [4.78, 5) is 10.1. The lowest BCUT2D eigenvalue weighted by Gasteiger charge is -2.14. The molecule has 0 amide bonds. The van der Waals surface area contributed by atoms with Crippen molar-refractivity contribution in [2.45, 2.75) is 40.5 Å². The van der Waals surface area contributed by atoms with Gasteiger partial charge in [0.2, 0.25) is 0 Å². The lowest BCUT2D eigenvalue weighted by atomic mass is 9.99. The van der Waals surface area contributed by atoms with Gasteiger partial charge in [-0.25, -0.2) is 9.97 Å². The van der Waals surface area contributed by atoms with Crippen molar-refractivity contribution in [1.29, 1.82) is 0 Å². The van der Waals surface area contributed by atoms with Gasteiger partial charge in [0.1, 0.15) is 17.0 Å². The molecule has 4 aromatic rings. The molecular weight excluding hydrogens is 362 g/mol. The van der Waals surface area contributed by atoms with Gasteiger partial charge in [-0.2, -0.15) is 0 Å². The molecule has 0 saturated carbocycles. The quantitative estimate of drug-likeness (QED) is 0.404. The summed E-state index contributed by atoms with van der Waals surface area (Å²) in [5, 5.41) is 6.86. The molecule has 2 aromatic carbocycles. The van der Waals surface area contributed by atoms with E-state index in [9.17, 15) is 0 Å². The minimum absolute atomic E-state index is 0.529. The van der Waals surface area contributed by atoms with E-state index < -0.39 is 0 Å². The number of aryl methyl sites for hydroxylation is 3. The van der Waals surface area contributed by atoms with Crippen LogP contribution in [0.4, 0.5) is 11.5 Å². The number of anilines is 2. The van der Waals surface area contributed by atoms with Crippen LogP contribution < -0.4 is 5.32 Å². The predicted octanol–water partition coefficient (Wildman–Crippen LogP) is 7.15. The van der Waals surface area contributed by atoms with E-state index in [1.807, 2.05) is 0 Å². The van der Waals surface area contributed by atoms with Gasteiger partial charge in [0.15, 0.2) is 0 Å². The van der Waals surface area contributed by atoms with Crippen LogP contribution in [-0.2, 0) is 0 Å². The van der Waals surface area contributed by atoms with Crippen molar-refractivity contribution in [3.05, 3.63) is 70.4 Å². The smallest absolute Gasteiger partial charge is 0.143 e. The third-order valence-corrected chi connectivity index (χ3v) is 6.07. The number of aromatic nitrogens is 2. The summed E-state index contributed by atoms with van der Waals surface area (Å²) in [6.45, 7) is 10.8. The minimum Gasteiger partial charge on any atom is -0.339 e. The lowest BCUT2D eigenvalue weighted by molar-refractivity contribution is 0.867. The van der Waals surface area contributed by atoms with Gasteiger partial charge in [0, 0.05) is 16.6 Å². The van der Waals surface area contributed by atoms with Gasteiger partial charge in [-0.05, 0) is 48.9 Å². The van der Waals surface area contributed by atoms with Gasteiger partial charge in [0.25, 0.3) is 0 Å². The number of hydrogen-bond acceptors (Lipinski definition) is 4. The zero-order valence-electron chi connectivity index (χ0n) is 17.0. The highest BCUT2D eigenvalue weighted by atomic mass is 32.1. The van der Waals surface area contributed by atoms with E-state index in [0.29, 0.717) is 5.92 Å². The zero-order chi connectivity index (χ0) is 19.8. The van der Waals surface area contributed by atoms with Gasteiger partial charge in [0.05, 0.1) is 5.39 Å². The molecule has 4 rings (SSSR count). The Kier molecular flexibility index (Phi) is 4.90. The fourth-order valence-corrected chi connectivity index (χ4v) is 4.64. The second-order valence-electron chi connectivity index (χ2n) is 7.73. The molecule has 0 fully saturated rings. The number of fused-ring (bicyclic) bond motifs is 1. The van der Waals surface area contributed by atoms with Gasteiger partial charge < -0.3 is 5.32 Å². The number of nitrogens with zero attached hydrogens (tertiary/aromatic N) is 2. The first kappa shape index (κ1) is 18.6. The first-order chi connectivity index (χ1) is 13.4. The van der Waals surface area contributed by atoms with Crippen LogP contribution in [0.2, 0.25) is 0 Å². The average molecular weight is 388 g/mol. The topological polar surface area (TPSA) is 37.8 Å². The normalized spacial score (nSPS) is 11.4. The third-order valence-electron chi connectivity index (χ3n) is 5.18. The second kappa shape index (κ2) is 7.36. The van der Waals surface area contributed by atoms with Crippen molar-refractivity contribution >= 4 is 33.1 Å². The van der Waals surface area contributed by atoms with Crippen molar-refractivity contribution < 1.29 is 0 Å². The standard InChI is InChI=1S/C24H25N3S/c1-14(2)18-6-8-19(9-7-18)20-12-28-24-21(20)23(25-13-26-24)27-22-16(4)10-15(3)11-17(22)5/h6-14H,1-5H3,(H,25,26,27). The van der Waals surface area contributed by atoms with Crippen LogP contribution >= 0.6 is 11.3 Å². The second-order valence-corrected chi connectivity index (χ2v) is 8.59. The Morgan fingerprint density at radius 2 is 1.61 bits per heavy atom. The molecule has 0 bridgehead atoms. The van der Waals surface area contributed by atoms with Gasteiger partial charge in [-0.3, -0.25) is 0 Å². The third kappa shape index (κ3) is 3.40. The molecular formula is C24H25N3S. The molecule has 2 aromatic heterocycles. The number of rotatable bonds is 4. The van der Waals surface area contributed by atoms with Crippen LogP contribution in [0, 0.1) is 20.8 Å². The van der Waals surface area contributed by atoms with E-state index in [2.05, 4.69) is 91.7 Å². The molecule has 0 unspecified atom stereocenters. The van der Waals surface area contributed by atoms with Gasteiger partial charge in [-0.15, -0.1) is 11.3 Å². The average Bonchev–Trinajstić information content (AvgIpc) is 3.09. The summed E-state index contributed by atoms with van der Waals surface area (Å²) in [7, 11) is 0. The first-order valence-corrected chi connectivity index (χ1v) is 10.5. The summed E-state index contributed by atoms with van der Waals surface area (Å²) in [6, 6.07) is 13.2. The molecule has 0 spiro atoms. The van der Waals surface area contributed by atoms with Crippen molar-refractivity contribution in [3.8, 4) is 11.1 Å². The van der Waals surface area contributed by atoms with Gasteiger partial charge >= 0.3 is 0 Å². The maximum Gasteiger partial charge on any atom is 0.143 e. The Morgan fingerprint density at radius 1 is 0.929 bits per heavy atom. The summed E-state index contributed by atoms with van der Waals surface area (Å²) in [5.74, 6) is 1.39. The van der Waals surface area contributed by atoms with E-state index in [0.717, 1.165) is 21.7 Å². The van der Waals surface area contributed by atoms with E-state index in [-0.39, 0.29) is 0 Å². The van der Waals surface area contributed by atoms with Crippen LogP contribution in [0.5, 0.6) is 0 Å². The summed E-state index contributed by atoms with van der Waals surface area (Å²) >= 11 is 1.66. The molecule has 3 nitrogen and oxygen atoms in total. The molecule has 0 aliphatic heterocycles. The van der Waals surface area contributed by atoms with Crippen LogP contribution in [0.15, 0.2) is 48.1 Å². The van der Waals surface area contributed by atoms with Crippen LogP contribution in [-0.4, -0.2) is 9.97 Å². The van der Waals surface area contributed by atoms with E-state index in [4.69, 9.17) is 0 Å². The lowest BCUT2D eigenvalue weighted by Crippen LogP contribution is -2.00. The molecule has 0 aliphatic rings. The molecule has 1 N–H and O–H groups in total. The highest BCUT2D eigenvalue weighted by Gasteiger charge is 2.15. The van der Waals surface area contributed by atoms with Crippen molar-refractivity contribution in [2.75, 3.05) is 5.32 Å². The van der Waals surface area contributed by atoms with Gasteiger partial charge in [-0.1, -0.05) is 55.8 Å². The Hall–Kier alpha value is -2.72. The van der Waals surface area contributed by atoms with Crippen molar-refractivity contribution in [1.82, 2.24) is 9.97 Å². The number of benzene rings is 2. The molecule has 0 radical (unpaired) electrons. The molecule has 142 valence electrons. The fourth-order valence-electron chi connectivity index (χ4n) is 3.73. The first-order valence-electron chi connectivity index (χ1n) is 9.61. The molecule has 0 atom stereocenters. The van der Waals surface area contributed by atoms with Crippen molar-refractivity contribution in [3.63, 3.8) is 0 Å². The minimum atomic E-state index is 0.529. The largest absolute Gasteiger partial charge is 0.339 e. The molecule has 0 aliphatic carbocycles. The monoisotopic (exact) mass is 387 g/mol. The summed E-state index contributed by atoms with van der Waals surface area (Å²) < 4.78 is 0. The maximum atomic E-state index is 4.60. The van der Waals surface area contributed by atoms with Crippen LogP contribution in [0.3, 0.4) is 0 Å². The molecule has 28 heavy (non-hydrogen) atoms. The maximum absolute atomic E-state index is 4.60. The Labute approximate surface area is 170 Å². The number of nitrogens with one attached hydrogen (secondary N) is 1. The van der Waals surface area contributed by atoms with Crippen LogP contribution in [0.1, 0.15) is 42.0 Å². The summed E-state index contributed by atoms with van der Waals surface area (Å²) in [6.07, 6.45) is 1.64. The summed E-state index contributed by atoms with van der Waals surface area (Å²) in [5.41, 5.74) is 8.58. The SMILES string of the molecule is Cc1cc(C)c(Nc2ncnc3scc(-c4ccc(C(C)C)cc4)c23)c(C)c1. The Bertz CT molecular complexity index is 1120. The van der Waals surface area contributed by atoms with E-state index in [1.54, 1.807) is 17.7 Å². The van der Waals surface area contributed by atoms with E-state index >= 15 is 0 Å². The van der Waals surface area contributed by atoms with Crippen molar-refractivity contribution in [2.24, 2.45) is 0 Å². The van der Waals surface area contributed by atoms with E-state index in [1.165, 1.54) is 33.4 Å². The Morgan fingerprint density at radius 3 is 2.25 bits per heavy atom. The molecule has 4 heteroatoms. The number of hydrogen-bond donors (Lipinski definition) is 1. The highest BCUT2D eigenvalue weighted by molar-refractivity contribution is 7.17. The predicted molar refractivity (Wildman–Crippen MR) is 121 cm³/mol. The van der Waals surface area contributed by atoms with Crippen LogP contribution in [0.25, 0.3) is 21.3 Å². The number of thiophene rings is 1.